The molecule has 0 saturated carbocycles. The molecule has 0 radical (unpaired) electrons. The number of pyridine rings is 1. The third-order valence-electron chi connectivity index (χ3n) is 8.87. The average molecular weight is 601 g/mol. The van der Waals surface area contributed by atoms with Crippen molar-refractivity contribution in [1.29, 1.82) is 0 Å². The van der Waals surface area contributed by atoms with Crippen LogP contribution in [0.2, 0.25) is 0 Å². The lowest BCUT2D eigenvalue weighted by atomic mass is 9.85. The van der Waals surface area contributed by atoms with Gasteiger partial charge in [0.2, 0.25) is 5.71 Å². The minimum Gasteiger partial charge on any atom is -0.437 e. The molecule has 8 rings (SSSR count). The van der Waals surface area contributed by atoms with Crippen LogP contribution in [-0.2, 0) is 5.41 Å². The molecule has 0 atom stereocenters. The van der Waals surface area contributed by atoms with Gasteiger partial charge in [-0.2, -0.15) is 0 Å². The van der Waals surface area contributed by atoms with Gasteiger partial charge in [0.1, 0.15) is 11.4 Å². The van der Waals surface area contributed by atoms with Gasteiger partial charge in [-0.3, -0.25) is 4.57 Å². The quantitative estimate of drug-likeness (QED) is 0.202. The first-order chi connectivity index (χ1) is 23.5. The first-order valence-corrected chi connectivity index (χ1v) is 15.6. The van der Waals surface area contributed by atoms with Gasteiger partial charge < -0.3 is 4.42 Å². The van der Waals surface area contributed by atoms with Gasteiger partial charge in [0.05, 0.1) is 28.0 Å². The predicted molar refractivity (Wildman–Crippen MR) is 191 cm³/mol. The number of furan rings is 1. The third kappa shape index (κ3) is 4.60. The molecule has 0 N–H and O–H groups in total. The van der Waals surface area contributed by atoms with Crippen molar-refractivity contribution in [1.82, 2.24) is 14.5 Å². The summed E-state index contributed by atoms with van der Waals surface area (Å²) in [5.74, 6) is 0.784. The van der Waals surface area contributed by atoms with Crippen LogP contribution in [-0.4, -0.2) is 14.5 Å². The van der Waals surface area contributed by atoms with Gasteiger partial charge in [0, 0.05) is 26.0 Å². The van der Waals surface area contributed by atoms with E-state index in [2.05, 4.69) is 105 Å². The van der Waals surface area contributed by atoms with E-state index in [0.29, 0.717) is 17.0 Å². The second kappa shape index (κ2) is 10.6. The summed E-state index contributed by atoms with van der Waals surface area (Å²) in [6, 6.07) is 40.6. The Bertz CT molecular complexity index is 2520. The Kier molecular flexibility index (Phi) is 5.69. The molecule has 0 spiro atoms. The van der Waals surface area contributed by atoms with Crippen LogP contribution in [0.1, 0.15) is 41.6 Å². The second-order valence-electron chi connectivity index (χ2n) is 13.0. The number of hydrogen-bond donors (Lipinski definition) is 0. The third-order valence-corrected chi connectivity index (χ3v) is 8.87. The van der Waals surface area contributed by atoms with E-state index in [9.17, 15) is 0 Å². The Labute approximate surface area is 273 Å². The number of rotatable bonds is 4. The van der Waals surface area contributed by atoms with Crippen LogP contribution in [0.4, 0.5) is 0 Å². The highest BCUT2D eigenvalue weighted by molar-refractivity contribution is 6.10. The fourth-order valence-electron chi connectivity index (χ4n) is 6.40. The first-order valence-electron chi connectivity index (χ1n) is 17.1. The lowest BCUT2D eigenvalue weighted by molar-refractivity contribution is 0.590. The van der Waals surface area contributed by atoms with Crippen molar-refractivity contribution in [3.8, 4) is 39.5 Å². The Morgan fingerprint density at radius 1 is 0.717 bits per heavy atom. The monoisotopic (exact) mass is 600 g/mol. The van der Waals surface area contributed by atoms with Crippen molar-refractivity contribution in [2.75, 3.05) is 0 Å². The maximum atomic E-state index is 7.72. The zero-order valence-electron chi connectivity index (χ0n) is 29.3. The molecule has 0 bridgehead atoms. The summed E-state index contributed by atoms with van der Waals surface area (Å²) in [5, 5.41) is 1.91. The van der Waals surface area contributed by atoms with E-state index in [1.54, 1.807) is 24.3 Å². The normalized spacial score (nSPS) is 13.3. The molecule has 0 amide bonds. The number of para-hydroxylation sites is 2. The van der Waals surface area contributed by atoms with Crippen LogP contribution < -0.4 is 0 Å². The zero-order valence-corrected chi connectivity index (χ0v) is 26.3. The van der Waals surface area contributed by atoms with Gasteiger partial charge in [-0.1, -0.05) is 105 Å². The van der Waals surface area contributed by atoms with Gasteiger partial charge in [0.25, 0.3) is 0 Å². The van der Waals surface area contributed by atoms with E-state index in [1.807, 2.05) is 24.3 Å². The number of benzene rings is 5. The first kappa shape index (κ1) is 24.8. The number of aromatic nitrogens is 3. The molecule has 3 heterocycles. The molecule has 0 aliphatic carbocycles. The molecule has 0 unspecified atom stereocenters. The van der Waals surface area contributed by atoms with Crippen molar-refractivity contribution in [3.63, 3.8) is 0 Å². The number of nitrogens with zero attached hydrogens (tertiary/aromatic N) is 3. The number of fused-ring (bicyclic) bond motifs is 4. The molecular formula is C42H35N3O. The van der Waals surface area contributed by atoms with Crippen molar-refractivity contribution in [2.24, 2.45) is 0 Å². The topological polar surface area (TPSA) is 43.9 Å². The van der Waals surface area contributed by atoms with Crippen molar-refractivity contribution in [2.45, 2.75) is 40.0 Å². The van der Waals surface area contributed by atoms with Crippen LogP contribution in [0, 0.1) is 13.8 Å². The summed E-state index contributed by atoms with van der Waals surface area (Å²) in [7, 11) is 0. The van der Waals surface area contributed by atoms with Gasteiger partial charge in [-0.25, -0.2) is 9.97 Å². The Morgan fingerprint density at radius 2 is 1.50 bits per heavy atom. The lowest BCUT2D eigenvalue weighted by Gasteiger charge is -2.23. The zero-order chi connectivity index (χ0) is 34.1. The van der Waals surface area contributed by atoms with Crippen molar-refractivity contribution in [3.05, 3.63) is 138 Å². The second-order valence-corrected chi connectivity index (χ2v) is 13.0. The summed E-state index contributed by atoms with van der Waals surface area (Å²) in [6.07, 6.45) is 0. The molecule has 0 aliphatic rings. The van der Waals surface area contributed by atoms with E-state index >= 15 is 0 Å². The Hall–Kier alpha value is -5.48. The Balaban J connectivity index is 1.36. The van der Waals surface area contributed by atoms with E-state index < -0.39 is 6.85 Å². The van der Waals surface area contributed by atoms with Crippen LogP contribution in [0.3, 0.4) is 0 Å². The summed E-state index contributed by atoms with van der Waals surface area (Å²) in [5.41, 5.74) is 11.4. The van der Waals surface area contributed by atoms with E-state index in [0.717, 1.165) is 66.7 Å². The molecule has 4 nitrogen and oxygen atoms in total. The minimum atomic E-state index is -2.16. The fraction of sp³-hybridized carbons (Fsp3) is 0.143. The number of aryl methyl sites for hydroxylation is 2. The maximum absolute atomic E-state index is 7.72. The van der Waals surface area contributed by atoms with Crippen molar-refractivity contribution < 1.29 is 8.53 Å². The molecule has 224 valence electrons. The molecule has 46 heavy (non-hydrogen) atoms. The van der Waals surface area contributed by atoms with Gasteiger partial charge in [-0.15, -0.1) is 0 Å². The SMILES string of the molecule is [2H]C([2H])([2H])c1ccc(-c2ccc3c(n2)oc2c(-c4nc5ccccc5n4-c4ccc(C(C)(C)C)cc4-c4ccccc4)ccc(C)c23)cc1. The van der Waals surface area contributed by atoms with Gasteiger partial charge in [0.15, 0.2) is 0 Å². The van der Waals surface area contributed by atoms with Gasteiger partial charge >= 0.3 is 0 Å². The van der Waals surface area contributed by atoms with E-state index in [4.69, 9.17) is 18.5 Å². The van der Waals surface area contributed by atoms with Crippen LogP contribution in [0.5, 0.6) is 0 Å². The highest BCUT2D eigenvalue weighted by Crippen LogP contribution is 2.41. The molecule has 0 aliphatic heterocycles. The van der Waals surface area contributed by atoms with Crippen LogP contribution >= 0.6 is 0 Å². The number of imidazole rings is 1. The minimum absolute atomic E-state index is 0.0252. The van der Waals surface area contributed by atoms with Gasteiger partial charge in [-0.05, 0) is 78.3 Å². The van der Waals surface area contributed by atoms with Crippen molar-refractivity contribution >= 4 is 33.1 Å². The smallest absolute Gasteiger partial charge is 0.227 e. The fourth-order valence-corrected chi connectivity index (χ4v) is 6.40. The lowest BCUT2D eigenvalue weighted by Crippen LogP contribution is -2.12. The Morgan fingerprint density at radius 3 is 2.28 bits per heavy atom. The maximum Gasteiger partial charge on any atom is 0.227 e. The van der Waals surface area contributed by atoms with Crippen LogP contribution in [0.25, 0.3) is 72.6 Å². The highest BCUT2D eigenvalue weighted by Gasteiger charge is 2.24. The summed E-state index contributed by atoms with van der Waals surface area (Å²) in [6.45, 7) is 6.65. The molecule has 0 saturated heterocycles. The highest BCUT2D eigenvalue weighted by atomic mass is 16.3. The number of hydrogen-bond acceptors (Lipinski definition) is 3. The summed E-state index contributed by atoms with van der Waals surface area (Å²) < 4.78 is 32.1. The molecule has 3 aromatic heterocycles. The molecular weight excluding hydrogens is 562 g/mol. The molecule has 8 aromatic rings. The molecule has 4 heteroatoms. The largest absolute Gasteiger partial charge is 0.437 e. The predicted octanol–water partition coefficient (Wildman–Crippen LogP) is 11.2. The summed E-state index contributed by atoms with van der Waals surface area (Å²) >= 11 is 0. The standard InChI is InChI=1S/C42H35N3O/c1-26-15-18-29(19-16-26)34-23-22-31-38-27(2)17-21-32(39(38)46-41(31)44-34)40-43-35-13-9-10-14-37(35)45(40)36-24-20-30(42(3,4)5)25-33(36)28-11-7-6-8-12-28/h6-25H,1-5H3/i1D3. The molecule has 0 fully saturated rings. The molecule has 5 aromatic carbocycles. The summed E-state index contributed by atoms with van der Waals surface area (Å²) in [4.78, 5) is 10.2. The van der Waals surface area contributed by atoms with E-state index in [-0.39, 0.29) is 5.41 Å². The van der Waals surface area contributed by atoms with Crippen LogP contribution in [0.15, 0.2) is 126 Å². The van der Waals surface area contributed by atoms with E-state index in [1.165, 1.54) is 5.56 Å². The average Bonchev–Trinajstić information content (AvgIpc) is 3.67.